The molecule has 0 atom stereocenters. The van der Waals surface area contributed by atoms with Gasteiger partial charge in [0.25, 0.3) is 0 Å². The molecule has 0 aliphatic heterocycles. The average Bonchev–Trinajstić information content (AvgIpc) is 3.24. The molecule has 0 spiro atoms. The predicted molar refractivity (Wildman–Crippen MR) is 106 cm³/mol. The summed E-state index contributed by atoms with van der Waals surface area (Å²) in [6.07, 6.45) is 4.44. The van der Waals surface area contributed by atoms with Gasteiger partial charge >= 0.3 is 0 Å². The molecule has 2 aromatic rings. The second-order valence-electron chi connectivity index (χ2n) is 7.30. The van der Waals surface area contributed by atoms with E-state index in [1.807, 2.05) is 25.6 Å². The Morgan fingerprint density at radius 1 is 1.19 bits per heavy atom. The zero-order chi connectivity index (χ0) is 19.6. The Hall–Kier alpha value is -2.15. The van der Waals surface area contributed by atoms with Crippen molar-refractivity contribution >= 4 is 21.4 Å². The summed E-state index contributed by atoms with van der Waals surface area (Å²) < 4.78 is 27.0. The minimum atomic E-state index is -3.26. The van der Waals surface area contributed by atoms with Crippen molar-refractivity contribution < 1.29 is 13.2 Å². The number of aryl methyl sites for hydroxylation is 2. The lowest BCUT2D eigenvalue weighted by Crippen LogP contribution is -2.18. The fourth-order valence-electron chi connectivity index (χ4n) is 3.76. The molecule has 0 radical (unpaired) electrons. The number of nitrogens with one attached hydrogen (secondary N) is 1. The van der Waals surface area contributed by atoms with Crippen molar-refractivity contribution in [3.05, 3.63) is 41.2 Å². The third-order valence-electron chi connectivity index (χ3n) is 5.47. The third kappa shape index (κ3) is 4.24. The van der Waals surface area contributed by atoms with E-state index in [1.54, 1.807) is 24.3 Å². The van der Waals surface area contributed by atoms with Crippen molar-refractivity contribution in [1.29, 1.82) is 0 Å². The van der Waals surface area contributed by atoms with Crippen molar-refractivity contribution in [3.8, 4) is 0 Å². The lowest BCUT2D eigenvalue weighted by molar-refractivity contribution is -0.116. The van der Waals surface area contributed by atoms with E-state index in [2.05, 4.69) is 10.4 Å². The molecular formula is C20H27N3O3S. The summed E-state index contributed by atoms with van der Waals surface area (Å²) >= 11 is 0. The molecule has 0 unspecified atom stereocenters. The van der Waals surface area contributed by atoms with Gasteiger partial charge in [-0.2, -0.15) is 5.10 Å². The molecular weight excluding hydrogens is 362 g/mol. The first-order valence-corrected chi connectivity index (χ1v) is 11.0. The van der Waals surface area contributed by atoms with Crippen LogP contribution in [0.5, 0.6) is 0 Å². The SMILES string of the molecule is Cc1nn(C)c(C)c1CCC(=O)Nc1ccc(S(=O)(=O)C2CCCC2)cc1. The first-order chi connectivity index (χ1) is 12.8. The number of hydrogen-bond acceptors (Lipinski definition) is 4. The minimum Gasteiger partial charge on any atom is -0.326 e. The van der Waals surface area contributed by atoms with Crippen LogP contribution in [0.3, 0.4) is 0 Å². The zero-order valence-corrected chi connectivity index (χ0v) is 17.0. The molecule has 0 bridgehead atoms. The Morgan fingerprint density at radius 2 is 1.81 bits per heavy atom. The number of rotatable bonds is 6. The third-order valence-corrected chi connectivity index (χ3v) is 7.75. The summed E-state index contributed by atoms with van der Waals surface area (Å²) in [6, 6.07) is 6.53. The van der Waals surface area contributed by atoms with Crippen LogP contribution in [-0.2, 0) is 28.1 Å². The first kappa shape index (κ1) is 19.6. The Labute approximate surface area is 160 Å². The monoisotopic (exact) mass is 389 g/mol. The molecule has 1 aliphatic rings. The minimum absolute atomic E-state index is 0.0935. The number of anilines is 1. The van der Waals surface area contributed by atoms with E-state index >= 15 is 0 Å². The summed E-state index contributed by atoms with van der Waals surface area (Å²) in [7, 11) is -1.36. The Kier molecular flexibility index (Phi) is 5.69. The van der Waals surface area contributed by atoms with Gasteiger partial charge in [0.05, 0.1) is 15.8 Å². The molecule has 146 valence electrons. The van der Waals surface area contributed by atoms with E-state index in [9.17, 15) is 13.2 Å². The molecule has 1 aliphatic carbocycles. The number of amides is 1. The summed E-state index contributed by atoms with van der Waals surface area (Å²) in [5.41, 5.74) is 3.74. The maximum atomic E-state index is 12.6. The Bertz CT molecular complexity index is 924. The summed E-state index contributed by atoms with van der Waals surface area (Å²) in [5, 5.41) is 6.95. The van der Waals surface area contributed by atoms with Crippen LogP contribution in [0.4, 0.5) is 5.69 Å². The molecule has 1 amide bonds. The number of aromatic nitrogens is 2. The van der Waals surface area contributed by atoms with Gasteiger partial charge in [0, 0.05) is 24.8 Å². The van der Waals surface area contributed by atoms with Gasteiger partial charge < -0.3 is 5.32 Å². The van der Waals surface area contributed by atoms with Gasteiger partial charge in [-0.3, -0.25) is 9.48 Å². The van der Waals surface area contributed by atoms with E-state index < -0.39 is 9.84 Å². The highest BCUT2D eigenvalue weighted by atomic mass is 32.2. The maximum absolute atomic E-state index is 12.6. The highest BCUT2D eigenvalue weighted by Crippen LogP contribution is 2.30. The smallest absolute Gasteiger partial charge is 0.224 e. The number of carbonyl (C=O) groups excluding carboxylic acids is 1. The lowest BCUT2D eigenvalue weighted by Gasteiger charge is -2.12. The topological polar surface area (TPSA) is 81.1 Å². The molecule has 1 fully saturated rings. The largest absolute Gasteiger partial charge is 0.326 e. The molecule has 1 heterocycles. The molecule has 3 rings (SSSR count). The molecule has 27 heavy (non-hydrogen) atoms. The van der Waals surface area contributed by atoms with Crippen LogP contribution in [0.15, 0.2) is 29.2 Å². The summed E-state index contributed by atoms with van der Waals surface area (Å²) in [4.78, 5) is 12.6. The van der Waals surface area contributed by atoms with E-state index in [4.69, 9.17) is 0 Å². The van der Waals surface area contributed by atoms with Crippen LogP contribution in [0.1, 0.15) is 49.1 Å². The van der Waals surface area contributed by atoms with E-state index in [1.165, 1.54) is 0 Å². The number of hydrogen-bond donors (Lipinski definition) is 1. The normalized spacial score (nSPS) is 15.2. The fourth-order valence-corrected chi connectivity index (χ4v) is 5.61. The summed E-state index contributed by atoms with van der Waals surface area (Å²) in [6.45, 7) is 3.94. The number of benzene rings is 1. The maximum Gasteiger partial charge on any atom is 0.224 e. The van der Waals surface area contributed by atoms with Crippen LogP contribution >= 0.6 is 0 Å². The molecule has 0 saturated heterocycles. The van der Waals surface area contributed by atoms with Crippen molar-refractivity contribution in [1.82, 2.24) is 9.78 Å². The van der Waals surface area contributed by atoms with Gasteiger partial charge in [0.15, 0.2) is 9.84 Å². The number of carbonyl (C=O) groups is 1. The van der Waals surface area contributed by atoms with E-state index in [-0.39, 0.29) is 11.2 Å². The van der Waals surface area contributed by atoms with Crippen LogP contribution in [0.25, 0.3) is 0 Å². The Morgan fingerprint density at radius 3 is 2.37 bits per heavy atom. The molecule has 6 nitrogen and oxygen atoms in total. The van der Waals surface area contributed by atoms with Crippen LogP contribution in [-0.4, -0.2) is 29.4 Å². The van der Waals surface area contributed by atoms with Crippen molar-refractivity contribution in [2.75, 3.05) is 5.32 Å². The summed E-state index contributed by atoms with van der Waals surface area (Å²) in [5.74, 6) is -0.0935. The Balaban J connectivity index is 1.60. The molecule has 1 aromatic heterocycles. The fraction of sp³-hybridized carbons (Fsp3) is 0.500. The predicted octanol–water partition coefficient (Wildman–Crippen LogP) is 3.32. The number of nitrogens with zero attached hydrogens (tertiary/aromatic N) is 2. The second-order valence-corrected chi connectivity index (χ2v) is 9.53. The molecule has 1 aromatic carbocycles. The average molecular weight is 390 g/mol. The molecule has 1 N–H and O–H groups in total. The molecule has 7 heteroatoms. The highest BCUT2D eigenvalue weighted by Gasteiger charge is 2.30. The van der Waals surface area contributed by atoms with Gasteiger partial charge in [-0.15, -0.1) is 0 Å². The lowest BCUT2D eigenvalue weighted by atomic mass is 10.1. The quantitative estimate of drug-likeness (QED) is 0.822. The van der Waals surface area contributed by atoms with Gasteiger partial charge in [0.1, 0.15) is 0 Å². The molecule has 1 saturated carbocycles. The van der Waals surface area contributed by atoms with E-state index in [0.29, 0.717) is 23.4 Å². The highest BCUT2D eigenvalue weighted by molar-refractivity contribution is 7.92. The van der Waals surface area contributed by atoms with Crippen molar-refractivity contribution in [2.45, 2.75) is 62.5 Å². The van der Waals surface area contributed by atoms with Gasteiger partial charge in [-0.25, -0.2) is 8.42 Å². The second kappa shape index (κ2) is 7.84. The van der Waals surface area contributed by atoms with Crippen LogP contribution in [0.2, 0.25) is 0 Å². The van der Waals surface area contributed by atoms with Crippen molar-refractivity contribution in [2.24, 2.45) is 7.05 Å². The first-order valence-electron chi connectivity index (χ1n) is 9.42. The van der Waals surface area contributed by atoms with Gasteiger partial charge in [-0.1, -0.05) is 12.8 Å². The van der Waals surface area contributed by atoms with Crippen LogP contribution in [0, 0.1) is 13.8 Å². The number of sulfone groups is 1. The van der Waals surface area contributed by atoms with Crippen molar-refractivity contribution in [3.63, 3.8) is 0 Å². The zero-order valence-electron chi connectivity index (χ0n) is 16.2. The van der Waals surface area contributed by atoms with Gasteiger partial charge in [0.2, 0.25) is 5.91 Å². The van der Waals surface area contributed by atoms with Crippen LogP contribution < -0.4 is 5.32 Å². The van der Waals surface area contributed by atoms with Gasteiger partial charge in [-0.05, 0) is 62.9 Å². The van der Waals surface area contributed by atoms with E-state index in [0.717, 1.165) is 42.6 Å². The standard InChI is InChI=1S/C20H27N3O3S/c1-14-19(15(2)23(3)22-14)12-13-20(24)21-16-8-10-18(11-9-16)27(25,26)17-6-4-5-7-17/h8-11,17H,4-7,12-13H2,1-3H3,(H,21,24).